The molecule has 38 heavy (non-hydrogen) atoms. The third-order valence-electron chi connectivity index (χ3n) is 8.34. The van der Waals surface area contributed by atoms with Crippen molar-refractivity contribution in [2.75, 3.05) is 34.9 Å². The van der Waals surface area contributed by atoms with E-state index in [1.54, 1.807) is 19.1 Å². The van der Waals surface area contributed by atoms with Gasteiger partial charge in [-0.2, -0.15) is 0 Å². The Balaban J connectivity index is 1.55. The van der Waals surface area contributed by atoms with E-state index in [2.05, 4.69) is 70.9 Å². The molecule has 3 heterocycles. The first-order valence-corrected chi connectivity index (χ1v) is 13.5. The summed E-state index contributed by atoms with van der Waals surface area (Å²) in [5, 5.41) is 3.95. The highest BCUT2D eigenvalue weighted by atomic mass is 16.5. The van der Waals surface area contributed by atoms with Crippen LogP contribution in [-0.2, 0) is 11.3 Å². The Morgan fingerprint density at radius 3 is 2.21 bits per heavy atom. The second-order valence-electron chi connectivity index (χ2n) is 10.6. The van der Waals surface area contributed by atoms with E-state index in [4.69, 9.17) is 9.47 Å². The summed E-state index contributed by atoms with van der Waals surface area (Å²) in [5.41, 5.74) is 3.62. The molecule has 6 rings (SSSR count). The van der Waals surface area contributed by atoms with E-state index in [0.29, 0.717) is 12.5 Å². The van der Waals surface area contributed by atoms with Gasteiger partial charge >= 0.3 is 0 Å². The van der Waals surface area contributed by atoms with E-state index in [9.17, 15) is 4.79 Å². The van der Waals surface area contributed by atoms with Gasteiger partial charge in [-0.25, -0.2) is 0 Å². The van der Waals surface area contributed by atoms with Gasteiger partial charge in [0, 0.05) is 44.2 Å². The Morgan fingerprint density at radius 2 is 1.63 bits per heavy atom. The van der Waals surface area contributed by atoms with Gasteiger partial charge in [-0.1, -0.05) is 60.7 Å². The van der Waals surface area contributed by atoms with Crippen molar-refractivity contribution in [3.05, 3.63) is 95.6 Å². The number of methoxy groups -OCH3 is 2. The lowest BCUT2D eigenvalue weighted by molar-refractivity contribution is -0.143. The maximum Gasteiger partial charge on any atom is 0.239 e. The number of likely N-dealkylation sites (N-methyl/N-ethyl adjacent to an activating group) is 1. The number of piperidine rings is 3. The minimum absolute atomic E-state index is 0.104. The molecule has 1 amide bonds. The number of carbonyl (C=O) groups is 1. The first kappa shape index (κ1) is 26.3. The molecule has 1 N–H and O–H groups in total. The summed E-state index contributed by atoms with van der Waals surface area (Å²) in [6.45, 7) is 1.59. The summed E-state index contributed by atoms with van der Waals surface area (Å²) >= 11 is 0. The molecule has 3 aromatic carbocycles. The van der Waals surface area contributed by atoms with Crippen LogP contribution < -0.4 is 14.8 Å². The van der Waals surface area contributed by atoms with Crippen LogP contribution in [0.4, 0.5) is 0 Å². The van der Waals surface area contributed by atoms with Crippen molar-refractivity contribution >= 4 is 5.91 Å². The van der Waals surface area contributed by atoms with Crippen LogP contribution in [-0.4, -0.2) is 68.7 Å². The number of fused-ring (bicyclic) bond motifs is 3. The van der Waals surface area contributed by atoms with Gasteiger partial charge in [0.15, 0.2) is 0 Å². The molecule has 2 bridgehead atoms. The van der Waals surface area contributed by atoms with Crippen molar-refractivity contribution in [3.63, 3.8) is 0 Å². The topological polar surface area (TPSA) is 54.0 Å². The first-order valence-electron chi connectivity index (χ1n) is 13.5. The highest BCUT2D eigenvalue weighted by molar-refractivity contribution is 5.82. The van der Waals surface area contributed by atoms with Gasteiger partial charge in [0.2, 0.25) is 5.91 Å². The van der Waals surface area contributed by atoms with Gasteiger partial charge in [0.25, 0.3) is 0 Å². The smallest absolute Gasteiger partial charge is 0.239 e. The quantitative estimate of drug-likeness (QED) is 0.455. The molecule has 3 aliphatic rings. The van der Waals surface area contributed by atoms with Crippen LogP contribution in [0.3, 0.4) is 0 Å². The zero-order valence-corrected chi connectivity index (χ0v) is 22.8. The molecule has 6 heteroatoms. The van der Waals surface area contributed by atoms with E-state index >= 15 is 0 Å². The fourth-order valence-electron chi connectivity index (χ4n) is 6.56. The van der Waals surface area contributed by atoms with Crippen LogP contribution in [0.1, 0.15) is 35.4 Å². The molecular formula is C32H39N3O3. The molecule has 0 radical (unpaired) electrons. The van der Waals surface area contributed by atoms with Crippen LogP contribution in [0, 0.1) is 5.92 Å². The summed E-state index contributed by atoms with van der Waals surface area (Å²) in [7, 11) is 7.14. The molecule has 3 aliphatic heterocycles. The Kier molecular flexibility index (Phi) is 8.01. The molecule has 5 atom stereocenters. The maximum absolute atomic E-state index is 13.4. The number of benzene rings is 3. The van der Waals surface area contributed by atoms with Crippen molar-refractivity contribution in [2.24, 2.45) is 5.92 Å². The molecule has 0 saturated carbocycles. The van der Waals surface area contributed by atoms with Gasteiger partial charge in [-0.05, 0) is 54.6 Å². The number of rotatable bonds is 9. The minimum atomic E-state index is -0.104. The van der Waals surface area contributed by atoms with E-state index < -0.39 is 0 Å². The van der Waals surface area contributed by atoms with E-state index in [0.717, 1.165) is 36.4 Å². The van der Waals surface area contributed by atoms with E-state index in [1.165, 1.54) is 11.1 Å². The largest absolute Gasteiger partial charge is 0.497 e. The van der Waals surface area contributed by atoms with Crippen molar-refractivity contribution < 1.29 is 14.3 Å². The van der Waals surface area contributed by atoms with Crippen LogP contribution in [0.15, 0.2) is 78.9 Å². The molecule has 0 aliphatic carbocycles. The number of nitrogens with zero attached hydrogens (tertiary/aromatic N) is 2. The Hall–Kier alpha value is -3.35. The van der Waals surface area contributed by atoms with Gasteiger partial charge in [-0.15, -0.1) is 0 Å². The van der Waals surface area contributed by atoms with Crippen molar-refractivity contribution in [3.8, 4) is 11.5 Å². The lowest BCUT2D eigenvalue weighted by Gasteiger charge is -2.57. The lowest BCUT2D eigenvalue weighted by atomic mass is 9.68. The number of nitrogens with one attached hydrogen (secondary N) is 1. The summed E-state index contributed by atoms with van der Waals surface area (Å²) in [4.78, 5) is 17.7. The van der Waals surface area contributed by atoms with Gasteiger partial charge in [0.1, 0.15) is 11.5 Å². The summed E-state index contributed by atoms with van der Waals surface area (Å²) in [6, 6.07) is 27.7. The predicted molar refractivity (Wildman–Crippen MR) is 151 cm³/mol. The third-order valence-corrected chi connectivity index (χ3v) is 8.34. The second kappa shape index (κ2) is 11.6. The Morgan fingerprint density at radius 1 is 0.974 bits per heavy atom. The van der Waals surface area contributed by atoms with Crippen molar-refractivity contribution in [2.45, 2.75) is 43.4 Å². The molecule has 200 valence electrons. The third kappa shape index (κ3) is 5.16. The van der Waals surface area contributed by atoms with Gasteiger partial charge in [0.05, 0.1) is 20.3 Å². The lowest BCUT2D eigenvalue weighted by Crippen LogP contribution is -2.69. The molecule has 0 spiro atoms. The number of hydrogen-bond donors (Lipinski definition) is 1. The number of hydrogen-bond acceptors (Lipinski definition) is 5. The van der Waals surface area contributed by atoms with Crippen molar-refractivity contribution in [1.82, 2.24) is 15.1 Å². The van der Waals surface area contributed by atoms with Gasteiger partial charge < -0.3 is 19.7 Å². The first-order chi connectivity index (χ1) is 18.5. The number of amides is 1. The summed E-state index contributed by atoms with van der Waals surface area (Å²) in [5.74, 6) is 2.39. The predicted octanol–water partition coefficient (Wildman–Crippen LogP) is 4.55. The highest BCUT2D eigenvalue weighted by Crippen LogP contribution is 2.45. The molecular weight excluding hydrogens is 474 g/mol. The summed E-state index contributed by atoms with van der Waals surface area (Å²) in [6.07, 6.45) is 1.95. The van der Waals surface area contributed by atoms with Crippen molar-refractivity contribution in [1.29, 1.82) is 0 Å². The standard InChI is InChI=1S/C32H39N3O3/c1-34(2)32(36)27-20-24-17-18-35(27)31(29(22-11-7-5-8-12-22)23-13-9-6-10-14-23)30(24)33-21-25-19-26(37-3)15-16-28(25)38-4/h5-16,19,24,27,29-31,33H,17-18,20-21H2,1-4H3/t24-,27-,30+,31+/m1/s1. The summed E-state index contributed by atoms with van der Waals surface area (Å²) < 4.78 is 11.2. The second-order valence-corrected chi connectivity index (χ2v) is 10.6. The fourth-order valence-corrected chi connectivity index (χ4v) is 6.56. The van der Waals surface area contributed by atoms with Crippen LogP contribution in [0.25, 0.3) is 0 Å². The maximum atomic E-state index is 13.4. The molecule has 3 saturated heterocycles. The van der Waals surface area contributed by atoms with Crippen LogP contribution in [0.5, 0.6) is 11.5 Å². The monoisotopic (exact) mass is 513 g/mol. The van der Waals surface area contributed by atoms with E-state index in [1.807, 2.05) is 32.3 Å². The number of ether oxygens (including phenoxy) is 2. The normalized spacial score (nSPS) is 24.3. The highest BCUT2D eigenvalue weighted by Gasteiger charge is 2.52. The Labute approximate surface area is 226 Å². The van der Waals surface area contributed by atoms with E-state index in [-0.39, 0.29) is 30.0 Å². The molecule has 6 nitrogen and oxygen atoms in total. The van der Waals surface area contributed by atoms with Gasteiger partial charge in [-0.3, -0.25) is 9.69 Å². The SMILES string of the molecule is COc1ccc(OC)c(CN[C@H]2[C@@H]3CCN([C@@H](C(=O)N(C)C)C3)[C@H]2C(c2ccccc2)c2ccccc2)c1. The molecule has 3 fully saturated rings. The van der Waals surface area contributed by atoms with Crippen LogP contribution >= 0.6 is 0 Å². The number of carbonyl (C=O) groups excluding carboxylic acids is 1. The molecule has 1 unspecified atom stereocenters. The molecule has 3 aromatic rings. The Bertz CT molecular complexity index is 1180. The zero-order chi connectivity index (χ0) is 26.6. The fraction of sp³-hybridized carbons (Fsp3) is 0.406. The average molecular weight is 514 g/mol. The average Bonchev–Trinajstić information content (AvgIpc) is 2.97. The zero-order valence-electron chi connectivity index (χ0n) is 22.8. The van der Waals surface area contributed by atoms with Crippen LogP contribution in [0.2, 0.25) is 0 Å². The molecule has 0 aromatic heterocycles. The minimum Gasteiger partial charge on any atom is -0.497 e.